The summed E-state index contributed by atoms with van der Waals surface area (Å²) in [5.74, 6) is 0.659. The number of non-ortho nitro benzene ring substituents is 1. The van der Waals surface area contributed by atoms with Crippen molar-refractivity contribution in [3.05, 3.63) is 33.9 Å². The summed E-state index contributed by atoms with van der Waals surface area (Å²) in [5.41, 5.74) is 0.859. The van der Waals surface area contributed by atoms with Crippen LogP contribution in [-0.4, -0.2) is 31.3 Å². The van der Waals surface area contributed by atoms with Gasteiger partial charge in [-0.3, -0.25) is 10.1 Å². The molecule has 0 atom stereocenters. The molecule has 1 aromatic carbocycles. The highest BCUT2D eigenvalue weighted by Gasteiger charge is 2.11. The molecule has 6 heteroatoms. The molecule has 0 unspecified atom stereocenters. The predicted molar refractivity (Wildman–Crippen MR) is 72.5 cm³/mol. The van der Waals surface area contributed by atoms with Crippen LogP contribution < -0.4 is 10.1 Å². The molecule has 0 saturated heterocycles. The molecule has 1 N–H and O–H groups in total. The Morgan fingerprint density at radius 1 is 1.32 bits per heavy atom. The summed E-state index contributed by atoms with van der Waals surface area (Å²) in [7, 11) is 0. The number of ether oxygens (including phenoxy) is 2. The van der Waals surface area contributed by atoms with E-state index in [2.05, 4.69) is 5.32 Å². The first-order valence-electron chi connectivity index (χ1n) is 6.37. The second-order valence-corrected chi connectivity index (χ2v) is 3.87. The van der Waals surface area contributed by atoms with Crippen molar-refractivity contribution in [3.8, 4) is 5.75 Å². The number of nitrogens with one attached hydrogen (secondary N) is 1. The van der Waals surface area contributed by atoms with Crippen LogP contribution in [0.5, 0.6) is 5.75 Å². The number of benzene rings is 1. The largest absolute Gasteiger partial charge is 0.491 e. The number of nitro benzene ring substituents is 1. The van der Waals surface area contributed by atoms with Gasteiger partial charge in [-0.1, -0.05) is 6.92 Å². The fraction of sp³-hybridized carbons (Fsp3) is 0.538. The number of nitro groups is 1. The molecule has 0 fully saturated rings. The summed E-state index contributed by atoms with van der Waals surface area (Å²) < 4.78 is 10.8. The van der Waals surface area contributed by atoms with Crippen LogP contribution in [0.25, 0.3) is 0 Å². The van der Waals surface area contributed by atoms with Gasteiger partial charge in [-0.2, -0.15) is 0 Å². The number of rotatable bonds is 9. The van der Waals surface area contributed by atoms with Gasteiger partial charge in [-0.15, -0.1) is 0 Å². The van der Waals surface area contributed by atoms with E-state index in [4.69, 9.17) is 9.47 Å². The first-order valence-corrected chi connectivity index (χ1v) is 6.37. The topological polar surface area (TPSA) is 73.6 Å². The maximum absolute atomic E-state index is 10.8. The molecule has 0 amide bonds. The fourth-order valence-corrected chi connectivity index (χ4v) is 1.57. The summed E-state index contributed by atoms with van der Waals surface area (Å²) in [6, 6.07) is 4.63. The third-order valence-corrected chi connectivity index (χ3v) is 2.51. The first kappa shape index (κ1) is 15.4. The second-order valence-electron chi connectivity index (χ2n) is 3.87. The van der Waals surface area contributed by atoms with Gasteiger partial charge in [-0.05, 0) is 19.5 Å². The molecule has 0 aliphatic carbocycles. The minimum atomic E-state index is -0.403. The van der Waals surface area contributed by atoms with E-state index in [1.807, 2.05) is 13.8 Å². The Hall–Kier alpha value is -1.66. The van der Waals surface area contributed by atoms with Crippen LogP contribution >= 0.6 is 0 Å². The zero-order valence-electron chi connectivity index (χ0n) is 11.3. The van der Waals surface area contributed by atoms with E-state index in [9.17, 15) is 10.1 Å². The van der Waals surface area contributed by atoms with Gasteiger partial charge in [0.2, 0.25) is 0 Å². The molecule has 0 radical (unpaired) electrons. The molecule has 0 spiro atoms. The average molecular weight is 268 g/mol. The van der Waals surface area contributed by atoms with Gasteiger partial charge in [0.25, 0.3) is 5.69 Å². The van der Waals surface area contributed by atoms with Gasteiger partial charge >= 0.3 is 0 Å². The molecule has 0 aliphatic rings. The van der Waals surface area contributed by atoms with Crippen molar-refractivity contribution in [2.75, 3.05) is 26.4 Å². The zero-order valence-corrected chi connectivity index (χ0v) is 11.3. The van der Waals surface area contributed by atoms with Crippen molar-refractivity contribution in [2.24, 2.45) is 0 Å². The Morgan fingerprint density at radius 3 is 2.74 bits per heavy atom. The first-order chi connectivity index (χ1) is 9.19. The maximum atomic E-state index is 10.8. The highest BCUT2D eigenvalue weighted by Crippen LogP contribution is 2.24. The number of hydrogen-bond donors (Lipinski definition) is 1. The molecular weight excluding hydrogens is 248 g/mol. The van der Waals surface area contributed by atoms with E-state index in [-0.39, 0.29) is 5.69 Å². The SMILES string of the molecule is CCNCc1cc([N+](=O)[O-])ccc1OCCOCC. The molecule has 0 heterocycles. The molecule has 0 bridgehead atoms. The minimum Gasteiger partial charge on any atom is -0.491 e. The van der Waals surface area contributed by atoms with E-state index in [0.29, 0.717) is 32.1 Å². The van der Waals surface area contributed by atoms with Crippen LogP contribution in [-0.2, 0) is 11.3 Å². The Morgan fingerprint density at radius 2 is 2.11 bits per heavy atom. The van der Waals surface area contributed by atoms with Gasteiger partial charge in [0, 0.05) is 30.8 Å². The second kappa shape index (κ2) is 8.44. The summed E-state index contributed by atoms with van der Waals surface area (Å²) in [6.07, 6.45) is 0. The molecule has 0 aliphatic heterocycles. The van der Waals surface area contributed by atoms with Crippen molar-refractivity contribution in [1.29, 1.82) is 0 Å². The quantitative estimate of drug-likeness (QED) is 0.422. The van der Waals surface area contributed by atoms with Gasteiger partial charge < -0.3 is 14.8 Å². The Bertz CT molecular complexity index is 410. The minimum absolute atomic E-state index is 0.0741. The predicted octanol–water partition coefficient (Wildman–Crippen LogP) is 2.12. The normalized spacial score (nSPS) is 10.4. The van der Waals surface area contributed by atoms with Gasteiger partial charge in [0.15, 0.2) is 0 Å². The molecule has 1 aromatic rings. The van der Waals surface area contributed by atoms with Crippen molar-refractivity contribution in [3.63, 3.8) is 0 Å². The number of hydrogen-bond acceptors (Lipinski definition) is 5. The maximum Gasteiger partial charge on any atom is 0.270 e. The molecule has 1 rings (SSSR count). The summed E-state index contributed by atoms with van der Waals surface area (Å²) in [6.45, 7) is 6.82. The van der Waals surface area contributed by atoms with Crippen LogP contribution in [0.2, 0.25) is 0 Å². The lowest BCUT2D eigenvalue weighted by molar-refractivity contribution is -0.384. The fourth-order valence-electron chi connectivity index (χ4n) is 1.57. The van der Waals surface area contributed by atoms with E-state index < -0.39 is 4.92 Å². The lowest BCUT2D eigenvalue weighted by atomic mass is 10.1. The van der Waals surface area contributed by atoms with Gasteiger partial charge in [0.1, 0.15) is 12.4 Å². The van der Waals surface area contributed by atoms with Crippen LogP contribution in [0.15, 0.2) is 18.2 Å². The van der Waals surface area contributed by atoms with Crippen molar-refractivity contribution in [2.45, 2.75) is 20.4 Å². The summed E-state index contributed by atoms with van der Waals surface area (Å²) >= 11 is 0. The third kappa shape index (κ3) is 5.23. The molecule has 6 nitrogen and oxygen atoms in total. The van der Waals surface area contributed by atoms with E-state index in [1.54, 1.807) is 12.1 Å². The van der Waals surface area contributed by atoms with Crippen LogP contribution in [0.3, 0.4) is 0 Å². The van der Waals surface area contributed by atoms with E-state index in [1.165, 1.54) is 6.07 Å². The van der Waals surface area contributed by atoms with Crippen molar-refractivity contribution in [1.82, 2.24) is 5.32 Å². The molecule has 0 saturated carbocycles. The monoisotopic (exact) mass is 268 g/mol. The zero-order chi connectivity index (χ0) is 14.1. The lowest BCUT2D eigenvalue weighted by Gasteiger charge is -2.11. The van der Waals surface area contributed by atoms with Crippen molar-refractivity contribution < 1.29 is 14.4 Å². The Balaban J connectivity index is 2.73. The Kier molecular flexibility index (Phi) is 6.84. The third-order valence-electron chi connectivity index (χ3n) is 2.51. The van der Waals surface area contributed by atoms with Gasteiger partial charge in [0.05, 0.1) is 11.5 Å². The van der Waals surface area contributed by atoms with E-state index in [0.717, 1.165) is 12.1 Å². The highest BCUT2D eigenvalue weighted by molar-refractivity contribution is 5.43. The standard InChI is InChI=1S/C13H20N2O4/c1-3-14-10-11-9-12(15(16)17)5-6-13(11)19-8-7-18-4-2/h5-6,9,14H,3-4,7-8,10H2,1-2H3. The molecule has 106 valence electrons. The smallest absolute Gasteiger partial charge is 0.270 e. The Labute approximate surface area is 112 Å². The highest BCUT2D eigenvalue weighted by atomic mass is 16.6. The molecule has 19 heavy (non-hydrogen) atoms. The summed E-state index contributed by atoms with van der Waals surface area (Å²) in [4.78, 5) is 10.4. The van der Waals surface area contributed by atoms with Gasteiger partial charge in [-0.25, -0.2) is 0 Å². The van der Waals surface area contributed by atoms with Crippen LogP contribution in [0.4, 0.5) is 5.69 Å². The van der Waals surface area contributed by atoms with Crippen LogP contribution in [0, 0.1) is 10.1 Å². The molecular formula is C13H20N2O4. The van der Waals surface area contributed by atoms with E-state index >= 15 is 0 Å². The average Bonchev–Trinajstić information content (AvgIpc) is 2.41. The number of nitrogens with zero attached hydrogens (tertiary/aromatic N) is 1. The lowest BCUT2D eigenvalue weighted by Crippen LogP contribution is -2.14. The van der Waals surface area contributed by atoms with Crippen molar-refractivity contribution >= 4 is 5.69 Å². The van der Waals surface area contributed by atoms with Crippen LogP contribution in [0.1, 0.15) is 19.4 Å². The summed E-state index contributed by atoms with van der Waals surface area (Å²) in [5, 5.41) is 13.9. The molecule has 0 aromatic heterocycles.